The first-order valence-electron chi connectivity index (χ1n) is 6.78. The molecule has 1 heterocycles. The molecular weight excluding hydrogens is 252 g/mol. The Bertz CT molecular complexity index is 272. The third-order valence-corrected chi connectivity index (χ3v) is 4.19. The van der Waals surface area contributed by atoms with Gasteiger partial charge in [-0.05, 0) is 44.4 Å². The minimum absolute atomic E-state index is 0. The van der Waals surface area contributed by atoms with Gasteiger partial charge in [-0.1, -0.05) is 6.92 Å². The number of rotatable bonds is 2. The van der Waals surface area contributed by atoms with Gasteiger partial charge in [0, 0.05) is 19.3 Å². The van der Waals surface area contributed by atoms with Gasteiger partial charge in [0.25, 0.3) is 0 Å². The van der Waals surface area contributed by atoms with E-state index in [4.69, 9.17) is 10.5 Å². The Hall–Kier alpha value is -0.320. The highest BCUT2D eigenvalue weighted by molar-refractivity contribution is 5.86. The van der Waals surface area contributed by atoms with Crippen LogP contribution in [0.3, 0.4) is 0 Å². The van der Waals surface area contributed by atoms with E-state index in [9.17, 15) is 4.79 Å². The van der Waals surface area contributed by atoms with Gasteiger partial charge in [-0.25, -0.2) is 0 Å². The summed E-state index contributed by atoms with van der Waals surface area (Å²) in [5.41, 5.74) is 5.46. The summed E-state index contributed by atoms with van der Waals surface area (Å²) in [6, 6.07) is 0.335. The predicted octanol–water partition coefficient (Wildman–Crippen LogP) is 1.61. The number of nitrogens with two attached hydrogens (primary N) is 1. The van der Waals surface area contributed by atoms with Crippen LogP contribution in [-0.4, -0.2) is 30.7 Å². The minimum Gasteiger partial charge on any atom is -0.381 e. The zero-order valence-corrected chi connectivity index (χ0v) is 11.9. The van der Waals surface area contributed by atoms with Crippen LogP contribution >= 0.6 is 12.4 Å². The van der Waals surface area contributed by atoms with E-state index in [0.29, 0.717) is 32.1 Å². The molecule has 0 atom stereocenters. The van der Waals surface area contributed by atoms with Crippen LogP contribution in [0.4, 0.5) is 0 Å². The average Bonchev–Trinajstić information content (AvgIpc) is 2.33. The van der Waals surface area contributed by atoms with Gasteiger partial charge in [0.1, 0.15) is 0 Å². The van der Waals surface area contributed by atoms with Crippen molar-refractivity contribution in [2.24, 2.45) is 11.7 Å². The highest BCUT2D eigenvalue weighted by atomic mass is 35.5. The van der Waals surface area contributed by atoms with E-state index >= 15 is 0 Å². The van der Waals surface area contributed by atoms with Crippen molar-refractivity contribution in [3.05, 3.63) is 0 Å². The first kappa shape index (κ1) is 15.7. The minimum atomic E-state index is -0.693. The van der Waals surface area contributed by atoms with Crippen molar-refractivity contribution in [2.45, 2.75) is 57.0 Å². The van der Waals surface area contributed by atoms with Crippen LogP contribution in [0.5, 0.6) is 0 Å². The van der Waals surface area contributed by atoms with Crippen molar-refractivity contribution in [1.82, 2.24) is 5.32 Å². The molecule has 18 heavy (non-hydrogen) atoms. The standard InChI is InChI=1S/C13H24N2O2.ClH/c1-10-2-4-11(5-3-10)15-12(16)13(14)6-8-17-9-7-13;/h10-11H,2-9,14H2,1H3,(H,15,16);1H. The molecule has 1 saturated heterocycles. The zero-order valence-electron chi connectivity index (χ0n) is 11.1. The topological polar surface area (TPSA) is 64.4 Å². The van der Waals surface area contributed by atoms with E-state index in [1.54, 1.807) is 0 Å². The molecule has 2 rings (SSSR count). The first-order valence-corrected chi connectivity index (χ1v) is 6.78. The summed E-state index contributed by atoms with van der Waals surface area (Å²) in [5.74, 6) is 0.832. The normalized spacial score (nSPS) is 31.2. The highest BCUT2D eigenvalue weighted by Gasteiger charge is 2.37. The van der Waals surface area contributed by atoms with Crippen molar-refractivity contribution >= 4 is 18.3 Å². The summed E-state index contributed by atoms with van der Waals surface area (Å²) in [5, 5.41) is 3.13. The molecular formula is C13H25ClN2O2. The lowest BCUT2D eigenvalue weighted by Gasteiger charge is -2.35. The summed E-state index contributed by atoms with van der Waals surface area (Å²) >= 11 is 0. The van der Waals surface area contributed by atoms with Crippen LogP contribution in [0.15, 0.2) is 0 Å². The molecule has 2 aliphatic rings. The van der Waals surface area contributed by atoms with Gasteiger partial charge in [-0.3, -0.25) is 4.79 Å². The summed E-state index contributed by atoms with van der Waals surface area (Å²) in [7, 11) is 0. The molecule has 106 valence electrons. The molecule has 2 fully saturated rings. The van der Waals surface area contributed by atoms with Gasteiger partial charge in [0.05, 0.1) is 5.54 Å². The van der Waals surface area contributed by atoms with E-state index in [2.05, 4.69) is 12.2 Å². The van der Waals surface area contributed by atoms with Gasteiger partial charge < -0.3 is 15.8 Å². The Labute approximate surface area is 115 Å². The fourth-order valence-electron chi connectivity index (χ4n) is 2.70. The summed E-state index contributed by atoms with van der Waals surface area (Å²) in [4.78, 5) is 12.2. The molecule has 1 amide bonds. The van der Waals surface area contributed by atoms with E-state index in [1.807, 2.05) is 0 Å². The number of carbonyl (C=O) groups is 1. The number of nitrogens with one attached hydrogen (secondary N) is 1. The van der Waals surface area contributed by atoms with E-state index in [-0.39, 0.29) is 18.3 Å². The van der Waals surface area contributed by atoms with Gasteiger partial charge in [0.15, 0.2) is 0 Å². The Morgan fingerprint density at radius 1 is 1.22 bits per heavy atom. The maximum absolute atomic E-state index is 12.2. The number of hydrogen-bond acceptors (Lipinski definition) is 3. The molecule has 0 spiro atoms. The number of hydrogen-bond donors (Lipinski definition) is 2. The molecule has 0 unspecified atom stereocenters. The van der Waals surface area contributed by atoms with Crippen molar-refractivity contribution in [3.63, 3.8) is 0 Å². The monoisotopic (exact) mass is 276 g/mol. The largest absolute Gasteiger partial charge is 0.381 e. The fourth-order valence-corrected chi connectivity index (χ4v) is 2.70. The van der Waals surface area contributed by atoms with Gasteiger partial charge in [0.2, 0.25) is 5.91 Å². The quantitative estimate of drug-likeness (QED) is 0.805. The molecule has 0 aromatic carbocycles. The van der Waals surface area contributed by atoms with Crippen molar-refractivity contribution in [1.29, 1.82) is 0 Å². The van der Waals surface area contributed by atoms with E-state index in [1.165, 1.54) is 12.8 Å². The highest BCUT2D eigenvalue weighted by Crippen LogP contribution is 2.25. The molecule has 0 aromatic heterocycles. The number of halogens is 1. The summed E-state index contributed by atoms with van der Waals surface area (Å²) in [6.45, 7) is 3.48. The maximum Gasteiger partial charge on any atom is 0.240 e. The van der Waals surface area contributed by atoms with Gasteiger partial charge >= 0.3 is 0 Å². The molecule has 5 heteroatoms. The maximum atomic E-state index is 12.2. The van der Waals surface area contributed by atoms with Crippen LogP contribution in [-0.2, 0) is 9.53 Å². The Morgan fingerprint density at radius 2 is 1.78 bits per heavy atom. The molecule has 0 radical (unpaired) electrons. The van der Waals surface area contributed by atoms with Crippen molar-refractivity contribution < 1.29 is 9.53 Å². The second-order valence-corrected chi connectivity index (χ2v) is 5.70. The predicted molar refractivity (Wildman–Crippen MR) is 73.8 cm³/mol. The Morgan fingerprint density at radius 3 is 2.33 bits per heavy atom. The van der Waals surface area contributed by atoms with E-state index < -0.39 is 5.54 Å². The number of carbonyl (C=O) groups excluding carboxylic acids is 1. The number of ether oxygens (including phenoxy) is 1. The molecule has 0 aromatic rings. The van der Waals surface area contributed by atoms with Crippen LogP contribution in [0, 0.1) is 5.92 Å². The summed E-state index contributed by atoms with van der Waals surface area (Å²) in [6.07, 6.45) is 5.90. The molecule has 4 nitrogen and oxygen atoms in total. The second kappa shape index (κ2) is 6.73. The van der Waals surface area contributed by atoms with Crippen LogP contribution in [0.25, 0.3) is 0 Å². The van der Waals surface area contributed by atoms with E-state index in [0.717, 1.165) is 18.8 Å². The molecule has 1 aliphatic carbocycles. The lowest BCUT2D eigenvalue weighted by atomic mass is 9.85. The molecule has 0 bridgehead atoms. The third kappa shape index (κ3) is 3.84. The third-order valence-electron chi connectivity index (χ3n) is 4.19. The number of amides is 1. The lowest BCUT2D eigenvalue weighted by molar-refractivity contribution is -0.130. The second-order valence-electron chi connectivity index (χ2n) is 5.70. The van der Waals surface area contributed by atoms with Crippen LogP contribution in [0.1, 0.15) is 45.4 Å². The molecule has 3 N–H and O–H groups in total. The summed E-state index contributed by atoms with van der Waals surface area (Å²) < 4.78 is 5.26. The van der Waals surface area contributed by atoms with Crippen molar-refractivity contribution in [3.8, 4) is 0 Å². The first-order chi connectivity index (χ1) is 8.10. The smallest absolute Gasteiger partial charge is 0.240 e. The Kier molecular flexibility index (Phi) is 5.89. The van der Waals surface area contributed by atoms with Gasteiger partial charge in [-0.2, -0.15) is 0 Å². The zero-order chi connectivity index (χ0) is 12.3. The Balaban J connectivity index is 0.00000162. The molecule has 1 aliphatic heterocycles. The average molecular weight is 277 g/mol. The molecule has 1 saturated carbocycles. The SMILES string of the molecule is CC1CCC(NC(=O)C2(N)CCOCC2)CC1.Cl. The van der Waals surface area contributed by atoms with Crippen LogP contribution < -0.4 is 11.1 Å². The van der Waals surface area contributed by atoms with Gasteiger partial charge in [-0.15, -0.1) is 12.4 Å². The van der Waals surface area contributed by atoms with Crippen LogP contribution in [0.2, 0.25) is 0 Å². The van der Waals surface area contributed by atoms with Crippen molar-refractivity contribution in [2.75, 3.05) is 13.2 Å². The lowest BCUT2D eigenvalue weighted by Crippen LogP contribution is -2.58. The fraction of sp³-hybridized carbons (Fsp3) is 0.923.